The molecule has 0 aliphatic rings. The van der Waals surface area contributed by atoms with E-state index in [2.05, 4.69) is 61.6 Å². The molecule has 0 saturated carbocycles. The molecule has 56 valence electrons. The minimum atomic E-state index is 0.337. The monoisotopic (exact) mass is 320 g/mol. The molecule has 1 atom stereocenters. The lowest BCUT2D eigenvalue weighted by molar-refractivity contribution is 0.435. The van der Waals surface area contributed by atoms with E-state index in [4.69, 9.17) is 0 Å². The molecule has 0 aliphatic heterocycles. The minimum absolute atomic E-state index is 0.337. The molecule has 0 radical (unpaired) electrons. The Morgan fingerprint density at radius 3 is 1.89 bits per heavy atom. The third-order valence-corrected chi connectivity index (χ3v) is 5.85. The van der Waals surface area contributed by atoms with Gasteiger partial charge in [-0.2, -0.15) is 0 Å². The number of hydrogen-bond acceptors (Lipinski definition) is 0. The molecule has 9 heavy (non-hydrogen) atoms. The Bertz CT molecular complexity index is 80.4. The van der Waals surface area contributed by atoms with Gasteiger partial charge in [0, 0.05) is 15.5 Å². The highest BCUT2D eigenvalue weighted by molar-refractivity contribution is 9.12. The van der Waals surface area contributed by atoms with Crippen LogP contribution in [-0.2, 0) is 0 Å². The summed E-state index contributed by atoms with van der Waals surface area (Å²) in [6.07, 6.45) is 0. The van der Waals surface area contributed by atoms with E-state index in [1.807, 2.05) is 0 Å². The molecule has 0 N–H and O–H groups in total. The summed E-state index contributed by atoms with van der Waals surface area (Å²) < 4.78 is 0. The summed E-state index contributed by atoms with van der Waals surface area (Å²) in [5, 5.41) is 2.03. The van der Waals surface area contributed by atoms with E-state index in [9.17, 15) is 0 Å². The van der Waals surface area contributed by atoms with E-state index in [1.54, 1.807) is 0 Å². The highest BCUT2D eigenvalue weighted by Crippen LogP contribution is 2.29. The average molecular weight is 323 g/mol. The first-order valence-corrected chi connectivity index (χ1v) is 5.96. The van der Waals surface area contributed by atoms with Gasteiger partial charge in [-0.15, -0.1) is 0 Å². The molecule has 0 spiro atoms. The summed E-state index contributed by atoms with van der Waals surface area (Å²) in [7, 11) is 0. The average Bonchev–Trinajstić information content (AvgIpc) is 1.86. The van der Waals surface area contributed by atoms with Crippen LogP contribution in [0.1, 0.15) is 13.8 Å². The van der Waals surface area contributed by atoms with Gasteiger partial charge in [-0.25, -0.2) is 0 Å². The van der Waals surface area contributed by atoms with Crippen molar-refractivity contribution in [1.29, 1.82) is 0 Å². The van der Waals surface area contributed by atoms with Gasteiger partial charge in [0.2, 0.25) is 0 Å². The van der Waals surface area contributed by atoms with Crippen molar-refractivity contribution in [2.24, 2.45) is 5.41 Å². The van der Waals surface area contributed by atoms with Crippen LogP contribution in [0.5, 0.6) is 0 Å². The fourth-order valence-corrected chi connectivity index (χ4v) is 2.16. The summed E-state index contributed by atoms with van der Waals surface area (Å²) >= 11 is 10.5. The van der Waals surface area contributed by atoms with Crippen LogP contribution in [0.15, 0.2) is 0 Å². The fraction of sp³-hybridized carbons (Fsp3) is 1.00. The Morgan fingerprint density at radius 2 is 1.78 bits per heavy atom. The second kappa shape index (κ2) is 4.35. The first-order chi connectivity index (χ1) is 4.04. The Hall–Kier alpha value is 1.44. The van der Waals surface area contributed by atoms with Crippen LogP contribution in [0.3, 0.4) is 0 Å². The van der Waals surface area contributed by atoms with Crippen molar-refractivity contribution in [3.63, 3.8) is 0 Å². The maximum Gasteiger partial charge on any atom is 0.0301 e. The largest absolute Gasteiger partial charge is 0.0922 e. The van der Waals surface area contributed by atoms with Crippen LogP contribution >= 0.6 is 47.8 Å². The molecule has 0 aromatic heterocycles. The molecule has 0 aromatic carbocycles. The first kappa shape index (κ1) is 10.4. The Morgan fingerprint density at radius 1 is 1.33 bits per heavy atom. The summed E-state index contributed by atoms with van der Waals surface area (Å²) in [6.45, 7) is 4.45. The van der Waals surface area contributed by atoms with E-state index < -0.39 is 0 Å². The molecule has 0 nitrogen and oxygen atoms in total. The summed E-state index contributed by atoms with van der Waals surface area (Å²) in [5.41, 5.74) is 0.337. The predicted molar refractivity (Wildman–Crippen MR) is 54.1 cm³/mol. The topological polar surface area (TPSA) is 0 Å². The Kier molecular flexibility index (Phi) is 5.04. The number of rotatable bonds is 3. The molecule has 0 fully saturated rings. The molecule has 0 heterocycles. The minimum Gasteiger partial charge on any atom is -0.0922 e. The second-order valence-corrected chi connectivity index (χ2v) is 5.06. The van der Waals surface area contributed by atoms with Gasteiger partial charge in [-0.3, -0.25) is 0 Å². The Labute approximate surface area is 82.2 Å². The lowest BCUT2D eigenvalue weighted by atomic mass is 9.93. The second-order valence-electron chi connectivity index (χ2n) is 2.74. The number of alkyl halides is 3. The zero-order chi connectivity index (χ0) is 7.49. The molecule has 0 rings (SSSR count). The molecule has 0 aromatic rings. The molecule has 0 saturated heterocycles. The molecule has 0 aliphatic carbocycles. The van der Waals surface area contributed by atoms with Gasteiger partial charge in [-0.1, -0.05) is 61.6 Å². The van der Waals surface area contributed by atoms with Crippen molar-refractivity contribution in [2.45, 2.75) is 18.7 Å². The van der Waals surface area contributed by atoms with Crippen LogP contribution in [0.25, 0.3) is 0 Å². The van der Waals surface area contributed by atoms with E-state index in [0.29, 0.717) is 10.2 Å². The highest BCUT2D eigenvalue weighted by atomic mass is 79.9. The van der Waals surface area contributed by atoms with Crippen LogP contribution in [0.2, 0.25) is 0 Å². The first-order valence-electron chi connectivity index (χ1n) is 2.80. The van der Waals surface area contributed by atoms with Gasteiger partial charge in [-0.05, 0) is 5.41 Å². The quantitative estimate of drug-likeness (QED) is 0.697. The zero-order valence-electron chi connectivity index (χ0n) is 5.63. The lowest BCUT2D eigenvalue weighted by Gasteiger charge is -2.26. The molecule has 1 unspecified atom stereocenters. The van der Waals surface area contributed by atoms with Gasteiger partial charge in [0.1, 0.15) is 0 Å². The van der Waals surface area contributed by atoms with Crippen molar-refractivity contribution in [1.82, 2.24) is 0 Å². The van der Waals surface area contributed by atoms with Crippen molar-refractivity contribution < 1.29 is 0 Å². The van der Waals surface area contributed by atoms with Crippen molar-refractivity contribution in [3.05, 3.63) is 0 Å². The molecular formula is C6H11Br3. The van der Waals surface area contributed by atoms with Gasteiger partial charge in [0.25, 0.3) is 0 Å². The summed E-state index contributed by atoms with van der Waals surface area (Å²) in [4.78, 5) is 0.546. The highest BCUT2D eigenvalue weighted by Gasteiger charge is 2.24. The van der Waals surface area contributed by atoms with E-state index in [-0.39, 0.29) is 0 Å². The third-order valence-electron chi connectivity index (χ3n) is 1.33. The van der Waals surface area contributed by atoms with Crippen LogP contribution < -0.4 is 0 Å². The maximum absolute atomic E-state index is 3.58. The van der Waals surface area contributed by atoms with Crippen molar-refractivity contribution >= 4 is 47.8 Å². The normalized spacial score (nSPS) is 15.7. The maximum atomic E-state index is 3.58. The van der Waals surface area contributed by atoms with E-state index >= 15 is 0 Å². The van der Waals surface area contributed by atoms with Crippen molar-refractivity contribution in [2.75, 3.05) is 10.7 Å². The molecule has 0 amide bonds. The zero-order valence-corrected chi connectivity index (χ0v) is 10.4. The Balaban J connectivity index is 3.80. The molecular weight excluding hydrogens is 312 g/mol. The standard InChI is InChI=1S/C6H11Br3/c1-6(2,4-8)5(9)3-7/h5H,3-4H2,1-2H3. The predicted octanol–water partition coefficient (Wildman–Crippen LogP) is 3.57. The van der Waals surface area contributed by atoms with Crippen molar-refractivity contribution in [3.8, 4) is 0 Å². The van der Waals surface area contributed by atoms with Gasteiger partial charge in [0.15, 0.2) is 0 Å². The van der Waals surface area contributed by atoms with E-state index in [1.165, 1.54) is 0 Å². The van der Waals surface area contributed by atoms with Crippen LogP contribution in [0.4, 0.5) is 0 Å². The van der Waals surface area contributed by atoms with Crippen LogP contribution in [0, 0.1) is 5.41 Å². The fourth-order valence-electron chi connectivity index (χ4n) is 0.293. The van der Waals surface area contributed by atoms with Gasteiger partial charge in [0.05, 0.1) is 0 Å². The van der Waals surface area contributed by atoms with Gasteiger partial charge >= 0.3 is 0 Å². The number of hydrogen-bond donors (Lipinski definition) is 0. The summed E-state index contributed by atoms with van der Waals surface area (Å²) in [5.74, 6) is 0. The summed E-state index contributed by atoms with van der Waals surface area (Å²) in [6, 6.07) is 0. The van der Waals surface area contributed by atoms with E-state index in [0.717, 1.165) is 10.7 Å². The molecule has 3 heteroatoms. The third kappa shape index (κ3) is 3.38. The number of halogens is 3. The lowest BCUT2D eigenvalue weighted by Crippen LogP contribution is -2.26. The molecule has 0 bridgehead atoms. The van der Waals surface area contributed by atoms with Gasteiger partial charge < -0.3 is 0 Å². The SMILES string of the molecule is CC(C)(CBr)C(Br)CBr. The van der Waals surface area contributed by atoms with Crippen LogP contribution in [-0.4, -0.2) is 15.5 Å². The smallest absolute Gasteiger partial charge is 0.0301 e.